The van der Waals surface area contributed by atoms with Gasteiger partial charge in [-0.15, -0.1) is 0 Å². The maximum absolute atomic E-state index is 13.0. The normalized spacial score (nSPS) is 12.5. The first-order valence-corrected chi connectivity index (χ1v) is 35.4. The molecule has 1 atom stereocenters. The van der Waals surface area contributed by atoms with Crippen molar-refractivity contribution in [3.63, 3.8) is 0 Å². The molecule has 0 radical (unpaired) electrons. The molecule has 0 saturated carbocycles. The molecule has 6 nitrogen and oxygen atoms in total. The monoisotopic (exact) mass is 1130 g/mol. The summed E-state index contributed by atoms with van der Waals surface area (Å²) in [5.74, 6) is -0.957. The highest BCUT2D eigenvalue weighted by molar-refractivity contribution is 5.71. The molecule has 470 valence electrons. The third-order valence-electron chi connectivity index (χ3n) is 15.7. The van der Waals surface area contributed by atoms with Gasteiger partial charge in [0.05, 0.1) is 0 Å². The molecule has 1 unspecified atom stereocenters. The van der Waals surface area contributed by atoms with Gasteiger partial charge in [-0.1, -0.05) is 363 Å². The summed E-state index contributed by atoms with van der Waals surface area (Å²) in [4.78, 5) is 38.4. The van der Waals surface area contributed by atoms with Crippen LogP contribution in [0, 0.1) is 0 Å². The molecule has 0 N–H and O–H groups in total. The predicted octanol–water partition coefficient (Wildman–Crippen LogP) is 24.4. The van der Waals surface area contributed by atoms with Crippen LogP contribution in [-0.2, 0) is 28.6 Å². The van der Waals surface area contributed by atoms with Gasteiger partial charge in [-0.05, 0) is 57.8 Å². The number of rotatable bonds is 65. The van der Waals surface area contributed by atoms with Crippen molar-refractivity contribution in [2.24, 2.45) is 0 Å². The summed E-state index contributed by atoms with van der Waals surface area (Å²) in [5.41, 5.74) is 0. The second-order valence-electron chi connectivity index (χ2n) is 23.8. The Morgan fingerprint density at radius 3 is 0.753 bits per heavy atom. The zero-order valence-electron chi connectivity index (χ0n) is 54.1. The van der Waals surface area contributed by atoms with Crippen molar-refractivity contribution in [2.45, 2.75) is 374 Å². The zero-order valence-corrected chi connectivity index (χ0v) is 54.1. The molecule has 0 rings (SSSR count). The highest BCUT2D eigenvalue weighted by Crippen LogP contribution is 2.18. The predicted molar refractivity (Wildman–Crippen MR) is 353 cm³/mol. The van der Waals surface area contributed by atoms with Crippen LogP contribution in [0.15, 0.2) is 72.9 Å². The van der Waals surface area contributed by atoms with Gasteiger partial charge in [-0.25, -0.2) is 0 Å². The molecule has 81 heavy (non-hydrogen) atoms. The third kappa shape index (κ3) is 67.5. The first-order valence-electron chi connectivity index (χ1n) is 35.4. The molecule has 0 spiro atoms. The first-order chi connectivity index (χ1) is 40.0. The summed E-state index contributed by atoms with van der Waals surface area (Å²) in [5, 5.41) is 0. The van der Waals surface area contributed by atoms with E-state index in [4.69, 9.17) is 14.2 Å². The van der Waals surface area contributed by atoms with Gasteiger partial charge in [-0.3, -0.25) is 14.4 Å². The van der Waals surface area contributed by atoms with Gasteiger partial charge < -0.3 is 14.2 Å². The van der Waals surface area contributed by atoms with Gasteiger partial charge >= 0.3 is 17.9 Å². The third-order valence-corrected chi connectivity index (χ3v) is 15.7. The number of unbranched alkanes of at least 4 members (excludes halogenated alkanes) is 42. The maximum atomic E-state index is 13.0. The van der Waals surface area contributed by atoms with Crippen molar-refractivity contribution in [2.75, 3.05) is 13.2 Å². The van der Waals surface area contributed by atoms with Crippen LogP contribution in [0.5, 0.6) is 0 Å². The molecule has 0 heterocycles. The fourth-order valence-corrected chi connectivity index (χ4v) is 10.5. The van der Waals surface area contributed by atoms with Gasteiger partial charge in [0.15, 0.2) is 6.10 Å². The number of carbonyl (C=O) groups is 3. The molecule has 0 aromatic carbocycles. The standard InChI is InChI=1S/C75H134O6/c1-4-7-10-13-16-19-22-25-28-31-34-36-37-38-39-42-44-47-50-53-56-59-62-65-68-74(77)80-71-72(70-79-73(76)67-64-61-58-55-52-49-46-43-40-33-30-27-24-21-18-15-12-9-6-3)81-75(78)69-66-63-60-57-54-51-48-45-41-35-32-29-26-23-20-17-14-11-8-5-2/h9,12,18,21,27,30,40,43,49,52,58,61,72H,4-8,10-11,13-17,19-20,22-26,28-29,31-39,41-42,44-48,50-51,53-57,59-60,62-71H2,1-3H3/b12-9-,21-18-,30-27-,43-40-,52-49-,61-58-. The average molecular weight is 1130 g/mol. The number of esters is 3. The van der Waals surface area contributed by atoms with Crippen LogP contribution in [0.25, 0.3) is 0 Å². The van der Waals surface area contributed by atoms with Crippen LogP contribution in [-0.4, -0.2) is 37.2 Å². The lowest BCUT2D eigenvalue weighted by molar-refractivity contribution is -0.166. The molecule has 6 heteroatoms. The Kier molecular flexibility index (Phi) is 66.6. The summed E-state index contributed by atoms with van der Waals surface area (Å²) in [6.45, 7) is 6.53. The van der Waals surface area contributed by atoms with Crippen LogP contribution in [0.1, 0.15) is 367 Å². The SMILES string of the molecule is CC/C=C\C/C=C\C/C=C\C/C=C\C/C=C\C/C=C\CCC(=O)OCC(COC(=O)CCCCCCCCCCCCCCCCCCCCCCCCCC)OC(=O)CCCCCCCCCCCCCCCCCCCCCC. The van der Waals surface area contributed by atoms with E-state index in [1.54, 1.807) is 0 Å². The number of carbonyl (C=O) groups excluding carboxylic acids is 3. The Morgan fingerprint density at radius 1 is 0.259 bits per heavy atom. The molecule has 0 aliphatic heterocycles. The van der Waals surface area contributed by atoms with Gasteiger partial charge in [0.1, 0.15) is 13.2 Å². The number of ether oxygens (including phenoxy) is 3. The van der Waals surface area contributed by atoms with Crippen molar-refractivity contribution in [1.29, 1.82) is 0 Å². The Morgan fingerprint density at radius 2 is 0.481 bits per heavy atom. The molecule has 0 saturated heterocycles. The highest BCUT2D eigenvalue weighted by atomic mass is 16.6. The fraction of sp³-hybridized carbons (Fsp3) is 0.800. The fourth-order valence-electron chi connectivity index (χ4n) is 10.5. The summed E-state index contributed by atoms with van der Waals surface area (Å²) in [6.07, 6.45) is 90.9. The van der Waals surface area contributed by atoms with Crippen LogP contribution in [0.2, 0.25) is 0 Å². The first kappa shape index (κ1) is 77.9. The van der Waals surface area contributed by atoms with Crippen LogP contribution in [0.3, 0.4) is 0 Å². The summed E-state index contributed by atoms with van der Waals surface area (Å²) in [6, 6.07) is 0. The summed E-state index contributed by atoms with van der Waals surface area (Å²) < 4.78 is 16.9. The smallest absolute Gasteiger partial charge is 0.306 e. The number of hydrogen-bond acceptors (Lipinski definition) is 6. The van der Waals surface area contributed by atoms with E-state index in [-0.39, 0.29) is 37.5 Å². The van der Waals surface area contributed by atoms with E-state index < -0.39 is 6.10 Å². The van der Waals surface area contributed by atoms with Crippen molar-refractivity contribution in [1.82, 2.24) is 0 Å². The molecule has 0 aliphatic rings. The van der Waals surface area contributed by atoms with E-state index >= 15 is 0 Å². The Hall–Kier alpha value is -3.15. The highest BCUT2D eigenvalue weighted by Gasteiger charge is 2.19. The maximum Gasteiger partial charge on any atom is 0.306 e. The minimum atomic E-state index is -0.805. The van der Waals surface area contributed by atoms with Gasteiger partial charge in [-0.2, -0.15) is 0 Å². The van der Waals surface area contributed by atoms with Gasteiger partial charge in [0.25, 0.3) is 0 Å². The minimum absolute atomic E-state index is 0.0936. The zero-order chi connectivity index (χ0) is 58.5. The summed E-state index contributed by atoms with van der Waals surface area (Å²) in [7, 11) is 0. The number of hydrogen-bond donors (Lipinski definition) is 0. The molecule has 0 bridgehead atoms. The Labute approximate surface area is 503 Å². The lowest BCUT2D eigenvalue weighted by Gasteiger charge is -2.18. The minimum Gasteiger partial charge on any atom is -0.462 e. The molecule has 0 aromatic heterocycles. The molecule has 0 fully saturated rings. The van der Waals surface area contributed by atoms with E-state index in [0.29, 0.717) is 19.3 Å². The topological polar surface area (TPSA) is 78.9 Å². The van der Waals surface area contributed by atoms with E-state index in [9.17, 15) is 14.4 Å². The second-order valence-corrected chi connectivity index (χ2v) is 23.8. The van der Waals surface area contributed by atoms with E-state index in [2.05, 4.69) is 87.6 Å². The van der Waals surface area contributed by atoms with Crippen molar-refractivity contribution in [3.05, 3.63) is 72.9 Å². The van der Waals surface area contributed by atoms with Crippen molar-refractivity contribution in [3.8, 4) is 0 Å². The number of allylic oxidation sites excluding steroid dienone is 12. The lowest BCUT2D eigenvalue weighted by Crippen LogP contribution is -2.30. The largest absolute Gasteiger partial charge is 0.462 e. The Bertz CT molecular complexity index is 1490. The molecule has 0 aromatic rings. The molecule has 0 aliphatic carbocycles. The molecule has 0 amide bonds. The molecular weight excluding hydrogens is 997 g/mol. The van der Waals surface area contributed by atoms with Gasteiger partial charge in [0, 0.05) is 19.3 Å². The summed E-state index contributed by atoms with van der Waals surface area (Å²) >= 11 is 0. The van der Waals surface area contributed by atoms with Crippen LogP contribution >= 0.6 is 0 Å². The second kappa shape index (κ2) is 69.3. The lowest BCUT2D eigenvalue weighted by atomic mass is 10.0. The van der Waals surface area contributed by atoms with Crippen molar-refractivity contribution >= 4 is 17.9 Å². The van der Waals surface area contributed by atoms with Crippen LogP contribution < -0.4 is 0 Å². The average Bonchev–Trinajstić information content (AvgIpc) is 3.47. The van der Waals surface area contributed by atoms with E-state index in [0.717, 1.165) is 77.0 Å². The molecular formula is C75H134O6. The van der Waals surface area contributed by atoms with Crippen LogP contribution in [0.4, 0.5) is 0 Å². The Balaban J connectivity index is 4.38. The van der Waals surface area contributed by atoms with E-state index in [1.807, 2.05) is 6.08 Å². The quantitative estimate of drug-likeness (QED) is 0.0261. The van der Waals surface area contributed by atoms with Gasteiger partial charge in [0.2, 0.25) is 0 Å². The van der Waals surface area contributed by atoms with E-state index in [1.165, 1.54) is 244 Å². The van der Waals surface area contributed by atoms with Crippen molar-refractivity contribution < 1.29 is 28.6 Å².